The molecule has 0 aliphatic carbocycles. The number of nitrogens with zero attached hydrogens (tertiary/aromatic N) is 4. The van der Waals surface area contributed by atoms with E-state index in [0.29, 0.717) is 24.5 Å². The van der Waals surface area contributed by atoms with Crippen LogP contribution in [0.2, 0.25) is 5.15 Å². The summed E-state index contributed by atoms with van der Waals surface area (Å²) in [5, 5.41) is 10.2. The van der Waals surface area contributed by atoms with Gasteiger partial charge in [0.05, 0.1) is 13.2 Å². The quantitative estimate of drug-likeness (QED) is 0.820. The van der Waals surface area contributed by atoms with Gasteiger partial charge in [0.1, 0.15) is 6.33 Å². The molecule has 0 bridgehead atoms. The molecule has 106 valence electrons. The lowest BCUT2D eigenvalue weighted by molar-refractivity contribution is 0.191. The summed E-state index contributed by atoms with van der Waals surface area (Å²) in [5.41, 5.74) is 0. The summed E-state index contributed by atoms with van der Waals surface area (Å²) in [4.78, 5) is 12.3. The minimum Gasteiger partial charge on any atom is -0.490 e. The highest BCUT2D eigenvalue weighted by molar-refractivity contribution is 6.31. The Labute approximate surface area is 118 Å². The van der Waals surface area contributed by atoms with Gasteiger partial charge in [-0.3, -0.25) is 0 Å². The van der Waals surface area contributed by atoms with E-state index >= 15 is 0 Å². The molecule has 2 heterocycles. The van der Waals surface area contributed by atoms with Crippen molar-refractivity contribution in [2.24, 2.45) is 0 Å². The lowest BCUT2D eigenvalue weighted by Gasteiger charge is -2.28. The summed E-state index contributed by atoms with van der Waals surface area (Å²) in [6.07, 6.45) is 1.77. The monoisotopic (exact) mass is 286 g/mol. The van der Waals surface area contributed by atoms with E-state index in [1.807, 2.05) is 19.0 Å². The van der Waals surface area contributed by atoms with E-state index in [9.17, 15) is 5.11 Å². The molecule has 2 rings (SSSR count). The van der Waals surface area contributed by atoms with Crippen molar-refractivity contribution in [3.63, 3.8) is 0 Å². The maximum atomic E-state index is 9.90. The average molecular weight is 287 g/mol. The number of hydrogen-bond donors (Lipinski definition) is 1. The molecule has 7 heteroatoms. The lowest BCUT2D eigenvalue weighted by Crippen LogP contribution is -2.38. The van der Waals surface area contributed by atoms with Crippen LogP contribution in [-0.2, 0) is 0 Å². The van der Waals surface area contributed by atoms with Crippen molar-refractivity contribution in [3.8, 4) is 5.75 Å². The van der Waals surface area contributed by atoms with Gasteiger partial charge in [-0.15, -0.1) is 0 Å². The van der Waals surface area contributed by atoms with Gasteiger partial charge < -0.3 is 19.6 Å². The topological polar surface area (TPSA) is 61.7 Å². The molecule has 1 saturated heterocycles. The molecule has 1 aliphatic heterocycles. The molecule has 2 unspecified atom stereocenters. The summed E-state index contributed by atoms with van der Waals surface area (Å²) in [7, 11) is 5.56. The van der Waals surface area contributed by atoms with Crippen LogP contribution >= 0.6 is 11.6 Å². The van der Waals surface area contributed by atoms with Crippen LogP contribution < -0.4 is 9.64 Å². The number of aliphatic hydroxyl groups excluding tert-OH is 1. The zero-order valence-corrected chi connectivity index (χ0v) is 12.1. The smallest absolute Gasteiger partial charge is 0.199 e. The van der Waals surface area contributed by atoms with Gasteiger partial charge in [-0.05, 0) is 20.5 Å². The number of rotatable bonds is 4. The first-order valence-corrected chi connectivity index (χ1v) is 6.54. The van der Waals surface area contributed by atoms with E-state index in [2.05, 4.69) is 14.9 Å². The number of aromatic nitrogens is 2. The number of hydrogen-bond acceptors (Lipinski definition) is 6. The first-order valence-electron chi connectivity index (χ1n) is 6.16. The Morgan fingerprint density at radius 3 is 2.89 bits per heavy atom. The Morgan fingerprint density at radius 2 is 2.26 bits per heavy atom. The highest BCUT2D eigenvalue weighted by atomic mass is 35.5. The molecule has 0 amide bonds. The molecule has 0 radical (unpaired) electrons. The van der Waals surface area contributed by atoms with E-state index < -0.39 is 0 Å². The molecule has 0 aromatic carbocycles. The molecule has 6 nitrogen and oxygen atoms in total. The van der Waals surface area contributed by atoms with Crippen LogP contribution in [0.1, 0.15) is 6.42 Å². The fourth-order valence-electron chi connectivity index (χ4n) is 2.47. The minimum atomic E-state index is -0.358. The van der Waals surface area contributed by atoms with Gasteiger partial charge in [0, 0.05) is 19.1 Å². The predicted octanol–water partition coefficient (Wildman–Crippen LogP) is 0.640. The van der Waals surface area contributed by atoms with Crippen LogP contribution in [0.3, 0.4) is 0 Å². The lowest BCUT2D eigenvalue weighted by atomic mass is 10.2. The van der Waals surface area contributed by atoms with E-state index in [1.54, 1.807) is 7.11 Å². The summed E-state index contributed by atoms with van der Waals surface area (Å²) in [6, 6.07) is 0.185. The van der Waals surface area contributed by atoms with Crippen LogP contribution in [-0.4, -0.2) is 66.4 Å². The van der Waals surface area contributed by atoms with E-state index in [-0.39, 0.29) is 17.3 Å². The molecule has 1 aromatic rings. The first-order chi connectivity index (χ1) is 9.02. The van der Waals surface area contributed by atoms with E-state index in [0.717, 1.165) is 6.54 Å². The van der Waals surface area contributed by atoms with Gasteiger partial charge in [-0.2, -0.15) is 0 Å². The predicted molar refractivity (Wildman–Crippen MR) is 73.9 cm³/mol. The molecule has 1 fully saturated rings. The highest BCUT2D eigenvalue weighted by Crippen LogP contribution is 2.35. The van der Waals surface area contributed by atoms with Gasteiger partial charge in [-0.25, -0.2) is 9.97 Å². The standard InChI is InChI=1S/C12H19ClN4O2/c1-16(2)5-8-4-9(18)6-17(8)12-10(19-3)11(13)14-7-15-12/h7-9,18H,4-6H2,1-3H3. The SMILES string of the molecule is COc1c(Cl)ncnc1N1CC(O)CC1CN(C)C. The van der Waals surface area contributed by atoms with Crippen LogP contribution in [0, 0.1) is 0 Å². The zero-order chi connectivity index (χ0) is 14.0. The van der Waals surface area contributed by atoms with Crippen LogP contribution in [0.25, 0.3) is 0 Å². The number of aliphatic hydroxyl groups is 1. The third kappa shape index (κ3) is 3.08. The molecular weight excluding hydrogens is 268 g/mol. The van der Waals surface area contributed by atoms with Gasteiger partial charge in [0.15, 0.2) is 16.7 Å². The second kappa shape index (κ2) is 5.90. The van der Waals surface area contributed by atoms with E-state index in [1.165, 1.54) is 6.33 Å². The number of ether oxygens (including phenoxy) is 1. The number of likely N-dealkylation sites (N-methyl/N-ethyl adjacent to an activating group) is 1. The number of β-amino-alcohol motifs (C(OH)–C–C–N with tert-alkyl or cyclic N) is 1. The summed E-state index contributed by atoms with van der Waals surface area (Å²) < 4.78 is 5.28. The Bertz CT molecular complexity index is 444. The fourth-order valence-corrected chi connectivity index (χ4v) is 2.68. The van der Waals surface area contributed by atoms with Gasteiger partial charge in [-0.1, -0.05) is 11.6 Å². The Balaban J connectivity index is 2.31. The number of halogens is 1. The molecule has 2 atom stereocenters. The van der Waals surface area contributed by atoms with E-state index in [4.69, 9.17) is 16.3 Å². The number of methoxy groups -OCH3 is 1. The van der Waals surface area contributed by atoms with Gasteiger partial charge >= 0.3 is 0 Å². The molecular formula is C12H19ClN4O2. The van der Waals surface area contributed by atoms with Crippen molar-refractivity contribution in [2.45, 2.75) is 18.6 Å². The highest BCUT2D eigenvalue weighted by Gasteiger charge is 2.34. The first kappa shape index (κ1) is 14.3. The summed E-state index contributed by atoms with van der Waals surface area (Å²) in [5.74, 6) is 1.10. The Hall–Kier alpha value is -1.11. The van der Waals surface area contributed by atoms with Crippen LogP contribution in [0.5, 0.6) is 5.75 Å². The number of anilines is 1. The molecule has 1 N–H and O–H groups in total. The molecule has 19 heavy (non-hydrogen) atoms. The zero-order valence-electron chi connectivity index (χ0n) is 11.4. The third-order valence-electron chi connectivity index (χ3n) is 3.19. The maximum absolute atomic E-state index is 9.90. The van der Waals surface area contributed by atoms with Crippen molar-refractivity contribution in [2.75, 3.05) is 39.2 Å². The summed E-state index contributed by atoms with van der Waals surface area (Å²) in [6.45, 7) is 1.37. The molecule has 1 aliphatic rings. The van der Waals surface area contributed by atoms with Gasteiger partial charge in [0.25, 0.3) is 0 Å². The largest absolute Gasteiger partial charge is 0.490 e. The van der Waals surface area contributed by atoms with Crippen molar-refractivity contribution < 1.29 is 9.84 Å². The molecule has 0 saturated carbocycles. The molecule has 1 aromatic heterocycles. The average Bonchev–Trinajstić information content (AvgIpc) is 2.68. The van der Waals surface area contributed by atoms with Crippen molar-refractivity contribution in [3.05, 3.63) is 11.5 Å². The maximum Gasteiger partial charge on any atom is 0.199 e. The summed E-state index contributed by atoms with van der Waals surface area (Å²) >= 11 is 6.02. The normalized spacial score (nSPS) is 23.2. The second-order valence-corrected chi connectivity index (χ2v) is 5.34. The van der Waals surface area contributed by atoms with Gasteiger partial charge in [0.2, 0.25) is 0 Å². The van der Waals surface area contributed by atoms with Crippen molar-refractivity contribution in [1.82, 2.24) is 14.9 Å². The van der Waals surface area contributed by atoms with Crippen LogP contribution in [0.15, 0.2) is 6.33 Å². The van der Waals surface area contributed by atoms with Crippen LogP contribution in [0.4, 0.5) is 5.82 Å². The minimum absolute atomic E-state index is 0.185. The Kier molecular flexibility index (Phi) is 4.44. The second-order valence-electron chi connectivity index (χ2n) is 4.98. The third-order valence-corrected chi connectivity index (χ3v) is 3.46. The molecule has 0 spiro atoms. The fraction of sp³-hybridized carbons (Fsp3) is 0.667. The Morgan fingerprint density at radius 1 is 1.53 bits per heavy atom. The van der Waals surface area contributed by atoms with Crippen molar-refractivity contribution in [1.29, 1.82) is 0 Å². The van der Waals surface area contributed by atoms with Crippen molar-refractivity contribution >= 4 is 17.4 Å².